The predicted octanol–water partition coefficient (Wildman–Crippen LogP) is 2.90. The summed E-state index contributed by atoms with van der Waals surface area (Å²) >= 11 is 0. The monoisotopic (exact) mass is 234 g/mol. The maximum atomic E-state index is 3.37. The van der Waals surface area contributed by atoms with E-state index < -0.39 is 0 Å². The zero-order valence-corrected chi connectivity index (χ0v) is 11.4. The SMILES string of the molecule is CCNCCCC(C)N(C)Cc1ccccc1. The third kappa shape index (κ3) is 5.85. The van der Waals surface area contributed by atoms with Crippen LogP contribution in [-0.4, -0.2) is 31.1 Å². The Morgan fingerprint density at radius 1 is 1.24 bits per heavy atom. The van der Waals surface area contributed by atoms with Crippen LogP contribution in [0.5, 0.6) is 0 Å². The minimum atomic E-state index is 0.647. The summed E-state index contributed by atoms with van der Waals surface area (Å²) < 4.78 is 0. The largest absolute Gasteiger partial charge is 0.317 e. The molecule has 2 nitrogen and oxygen atoms in total. The molecule has 0 saturated heterocycles. The average Bonchev–Trinajstić information content (AvgIpc) is 2.35. The fourth-order valence-corrected chi connectivity index (χ4v) is 1.95. The molecule has 0 aliphatic rings. The third-order valence-corrected chi connectivity index (χ3v) is 3.25. The molecule has 0 fully saturated rings. The minimum Gasteiger partial charge on any atom is -0.317 e. The number of hydrogen-bond donors (Lipinski definition) is 1. The van der Waals surface area contributed by atoms with Gasteiger partial charge in [0.25, 0.3) is 0 Å². The molecule has 2 heteroatoms. The lowest BCUT2D eigenvalue weighted by atomic mass is 10.1. The molecule has 96 valence electrons. The van der Waals surface area contributed by atoms with Gasteiger partial charge in [-0.05, 0) is 45.5 Å². The highest BCUT2D eigenvalue weighted by molar-refractivity contribution is 5.14. The Hall–Kier alpha value is -0.860. The van der Waals surface area contributed by atoms with E-state index in [2.05, 4.69) is 61.4 Å². The second-order valence-corrected chi connectivity index (χ2v) is 4.75. The molecule has 0 heterocycles. The van der Waals surface area contributed by atoms with Crippen molar-refractivity contribution in [3.63, 3.8) is 0 Å². The molecule has 0 spiro atoms. The average molecular weight is 234 g/mol. The summed E-state index contributed by atoms with van der Waals surface area (Å²) in [5.74, 6) is 0. The van der Waals surface area contributed by atoms with E-state index in [0.717, 1.165) is 19.6 Å². The fraction of sp³-hybridized carbons (Fsp3) is 0.600. The Labute approximate surface area is 106 Å². The third-order valence-electron chi connectivity index (χ3n) is 3.25. The van der Waals surface area contributed by atoms with E-state index in [1.807, 2.05) is 0 Å². The lowest BCUT2D eigenvalue weighted by molar-refractivity contribution is 0.234. The van der Waals surface area contributed by atoms with Crippen molar-refractivity contribution in [2.75, 3.05) is 20.1 Å². The first-order chi connectivity index (χ1) is 8.24. The lowest BCUT2D eigenvalue weighted by Crippen LogP contribution is -2.29. The zero-order valence-electron chi connectivity index (χ0n) is 11.4. The van der Waals surface area contributed by atoms with Crippen molar-refractivity contribution < 1.29 is 0 Å². The first kappa shape index (κ1) is 14.2. The van der Waals surface area contributed by atoms with Gasteiger partial charge in [-0.25, -0.2) is 0 Å². The van der Waals surface area contributed by atoms with Crippen LogP contribution >= 0.6 is 0 Å². The van der Waals surface area contributed by atoms with Crippen LogP contribution in [0.15, 0.2) is 30.3 Å². The van der Waals surface area contributed by atoms with Gasteiger partial charge in [0.2, 0.25) is 0 Å². The normalized spacial score (nSPS) is 12.9. The molecular weight excluding hydrogens is 208 g/mol. The van der Waals surface area contributed by atoms with Crippen molar-refractivity contribution in [2.24, 2.45) is 0 Å². The van der Waals surface area contributed by atoms with Gasteiger partial charge in [0.1, 0.15) is 0 Å². The van der Waals surface area contributed by atoms with E-state index >= 15 is 0 Å². The van der Waals surface area contributed by atoms with Crippen LogP contribution in [0, 0.1) is 0 Å². The van der Waals surface area contributed by atoms with Gasteiger partial charge in [-0.2, -0.15) is 0 Å². The second kappa shape index (κ2) is 8.26. The summed E-state index contributed by atoms with van der Waals surface area (Å²) in [6.07, 6.45) is 2.52. The van der Waals surface area contributed by atoms with Crippen molar-refractivity contribution in [3.8, 4) is 0 Å². The number of nitrogens with zero attached hydrogens (tertiary/aromatic N) is 1. The quantitative estimate of drug-likeness (QED) is 0.696. The summed E-state index contributed by atoms with van der Waals surface area (Å²) in [6, 6.07) is 11.3. The molecule has 0 aliphatic carbocycles. The molecule has 0 bridgehead atoms. The van der Waals surface area contributed by atoms with Gasteiger partial charge in [-0.1, -0.05) is 37.3 Å². The van der Waals surface area contributed by atoms with Crippen LogP contribution in [0.1, 0.15) is 32.3 Å². The van der Waals surface area contributed by atoms with Crippen LogP contribution < -0.4 is 5.32 Å². The van der Waals surface area contributed by atoms with E-state index in [1.54, 1.807) is 0 Å². The highest BCUT2D eigenvalue weighted by atomic mass is 15.1. The topological polar surface area (TPSA) is 15.3 Å². The van der Waals surface area contributed by atoms with Crippen molar-refractivity contribution >= 4 is 0 Å². The van der Waals surface area contributed by atoms with Gasteiger partial charge >= 0.3 is 0 Å². The Morgan fingerprint density at radius 2 is 1.94 bits per heavy atom. The van der Waals surface area contributed by atoms with Crippen LogP contribution in [-0.2, 0) is 6.54 Å². The van der Waals surface area contributed by atoms with E-state index in [1.165, 1.54) is 18.4 Å². The molecular formula is C15H26N2. The van der Waals surface area contributed by atoms with E-state index in [4.69, 9.17) is 0 Å². The summed E-state index contributed by atoms with van der Waals surface area (Å²) in [4.78, 5) is 2.43. The molecule has 1 unspecified atom stereocenters. The number of hydrogen-bond acceptors (Lipinski definition) is 2. The Kier molecular flexibility index (Phi) is 6.90. The molecule has 1 atom stereocenters. The van der Waals surface area contributed by atoms with Gasteiger partial charge in [0, 0.05) is 12.6 Å². The molecule has 1 N–H and O–H groups in total. The van der Waals surface area contributed by atoms with Crippen molar-refractivity contribution in [1.82, 2.24) is 10.2 Å². The maximum absolute atomic E-state index is 3.37. The van der Waals surface area contributed by atoms with E-state index in [0.29, 0.717) is 6.04 Å². The van der Waals surface area contributed by atoms with E-state index in [9.17, 15) is 0 Å². The Bertz CT molecular complexity index is 284. The van der Waals surface area contributed by atoms with Gasteiger partial charge in [-0.3, -0.25) is 4.90 Å². The summed E-state index contributed by atoms with van der Waals surface area (Å²) in [6.45, 7) is 7.73. The Morgan fingerprint density at radius 3 is 2.59 bits per heavy atom. The first-order valence-electron chi connectivity index (χ1n) is 6.69. The Balaban J connectivity index is 2.24. The van der Waals surface area contributed by atoms with Crippen molar-refractivity contribution in [1.29, 1.82) is 0 Å². The highest BCUT2D eigenvalue weighted by Crippen LogP contribution is 2.09. The summed E-state index contributed by atoms with van der Waals surface area (Å²) in [7, 11) is 2.21. The maximum Gasteiger partial charge on any atom is 0.0233 e. The summed E-state index contributed by atoms with van der Waals surface area (Å²) in [5, 5.41) is 3.37. The van der Waals surface area contributed by atoms with Crippen LogP contribution in [0.2, 0.25) is 0 Å². The lowest BCUT2D eigenvalue weighted by Gasteiger charge is -2.24. The molecule has 0 amide bonds. The van der Waals surface area contributed by atoms with Crippen LogP contribution in [0.25, 0.3) is 0 Å². The van der Waals surface area contributed by atoms with Crippen molar-refractivity contribution in [2.45, 2.75) is 39.3 Å². The van der Waals surface area contributed by atoms with Gasteiger partial charge in [0.15, 0.2) is 0 Å². The van der Waals surface area contributed by atoms with Gasteiger partial charge in [0.05, 0.1) is 0 Å². The molecule has 0 aromatic heterocycles. The molecule has 17 heavy (non-hydrogen) atoms. The number of nitrogens with one attached hydrogen (secondary N) is 1. The standard InChI is InChI=1S/C15H26N2/c1-4-16-12-8-9-14(2)17(3)13-15-10-6-5-7-11-15/h5-7,10-11,14,16H,4,8-9,12-13H2,1-3H3. The van der Waals surface area contributed by atoms with Crippen LogP contribution in [0.3, 0.4) is 0 Å². The molecule has 0 saturated carbocycles. The second-order valence-electron chi connectivity index (χ2n) is 4.75. The molecule has 0 radical (unpaired) electrons. The number of rotatable bonds is 8. The van der Waals surface area contributed by atoms with E-state index in [-0.39, 0.29) is 0 Å². The minimum absolute atomic E-state index is 0.647. The summed E-state index contributed by atoms with van der Waals surface area (Å²) in [5.41, 5.74) is 1.40. The zero-order chi connectivity index (χ0) is 12.5. The first-order valence-corrected chi connectivity index (χ1v) is 6.69. The smallest absolute Gasteiger partial charge is 0.0233 e. The predicted molar refractivity (Wildman–Crippen MR) is 75.1 cm³/mol. The highest BCUT2D eigenvalue weighted by Gasteiger charge is 2.08. The molecule has 1 aromatic carbocycles. The van der Waals surface area contributed by atoms with Crippen LogP contribution in [0.4, 0.5) is 0 Å². The van der Waals surface area contributed by atoms with Crippen molar-refractivity contribution in [3.05, 3.63) is 35.9 Å². The number of benzene rings is 1. The molecule has 1 rings (SSSR count). The molecule has 0 aliphatic heterocycles. The van der Waals surface area contributed by atoms with Gasteiger partial charge in [-0.15, -0.1) is 0 Å². The van der Waals surface area contributed by atoms with Gasteiger partial charge < -0.3 is 5.32 Å². The fourth-order valence-electron chi connectivity index (χ4n) is 1.95. The molecule has 1 aromatic rings.